The second kappa shape index (κ2) is 11.6. The van der Waals surface area contributed by atoms with E-state index in [1.165, 1.54) is 12.5 Å². The van der Waals surface area contributed by atoms with Gasteiger partial charge in [0, 0.05) is 61.1 Å². The molecule has 2 N–H and O–H groups in total. The molecule has 1 saturated carbocycles. The predicted octanol–water partition coefficient (Wildman–Crippen LogP) is 2.71. The maximum atomic E-state index is 12.5. The van der Waals surface area contributed by atoms with Gasteiger partial charge < -0.3 is 19.3 Å². The molecule has 6 unspecified atom stereocenters. The van der Waals surface area contributed by atoms with E-state index in [9.17, 15) is 10.1 Å². The molecule has 1 amide bonds. The molecule has 216 valence electrons. The Labute approximate surface area is 242 Å². The molecule has 1 aromatic carbocycles. The predicted molar refractivity (Wildman–Crippen MR) is 153 cm³/mol. The molecule has 1 aliphatic carbocycles. The summed E-state index contributed by atoms with van der Waals surface area (Å²) >= 11 is 6.56. The van der Waals surface area contributed by atoms with Gasteiger partial charge in [-0.1, -0.05) is 24.2 Å². The van der Waals surface area contributed by atoms with Crippen molar-refractivity contribution >= 4 is 17.5 Å². The lowest BCUT2D eigenvalue weighted by molar-refractivity contribution is -0.138. The van der Waals surface area contributed by atoms with E-state index in [4.69, 9.17) is 21.1 Å². The van der Waals surface area contributed by atoms with E-state index in [1.807, 2.05) is 18.2 Å². The molecule has 40 heavy (non-hydrogen) atoms. The first kappa shape index (κ1) is 28.0. The molecule has 9 nitrogen and oxygen atoms in total. The maximum Gasteiger partial charge on any atom is 0.246 e. The summed E-state index contributed by atoms with van der Waals surface area (Å²) in [6, 6.07) is 8.71. The van der Waals surface area contributed by atoms with E-state index in [1.54, 1.807) is 4.90 Å². The van der Waals surface area contributed by atoms with Crippen LogP contribution in [0.2, 0.25) is 5.02 Å². The fraction of sp³-hybridized carbons (Fsp3) is 0.667. The van der Waals surface area contributed by atoms with Crippen LogP contribution >= 0.6 is 11.6 Å². The number of amides is 1. The Morgan fingerprint density at radius 3 is 2.92 bits per heavy atom. The van der Waals surface area contributed by atoms with E-state index in [-0.39, 0.29) is 36.1 Å². The lowest BCUT2D eigenvalue weighted by Crippen LogP contribution is -2.73. The first-order valence-corrected chi connectivity index (χ1v) is 15.1. The Morgan fingerprint density at radius 2 is 2.17 bits per heavy atom. The molecule has 0 bridgehead atoms. The molecular weight excluding hydrogens is 528 g/mol. The third-order valence-electron chi connectivity index (χ3n) is 9.86. The first-order valence-electron chi connectivity index (χ1n) is 14.7. The molecule has 1 aromatic rings. The minimum Gasteiger partial charge on any atom is -0.487 e. The summed E-state index contributed by atoms with van der Waals surface area (Å²) in [6.45, 7) is 7.43. The molecule has 3 saturated heterocycles. The van der Waals surface area contributed by atoms with Crippen LogP contribution in [0.15, 0.2) is 30.9 Å². The third kappa shape index (κ3) is 5.38. The second-order valence-corrected chi connectivity index (χ2v) is 12.6. The van der Waals surface area contributed by atoms with Crippen molar-refractivity contribution in [3.63, 3.8) is 0 Å². The van der Waals surface area contributed by atoms with Crippen LogP contribution in [0.1, 0.15) is 44.1 Å². The Bertz CT molecular complexity index is 1160. The maximum absolute atomic E-state index is 12.5. The summed E-state index contributed by atoms with van der Waals surface area (Å²) in [6.07, 6.45) is 7.46. The molecule has 4 aliphatic heterocycles. The second-order valence-electron chi connectivity index (χ2n) is 12.2. The van der Waals surface area contributed by atoms with Gasteiger partial charge in [-0.2, -0.15) is 5.26 Å². The van der Waals surface area contributed by atoms with Crippen LogP contribution in [0.5, 0.6) is 5.75 Å². The van der Waals surface area contributed by atoms with E-state index >= 15 is 0 Å². The van der Waals surface area contributed by atoms with Crippen LogP contribution < -0.4 is 15.4 Å². The highest BCUT2D eigenvalue weighted by atomic mass is 35.5. The normalized spacial score (nSPS) is 36.1. The van der Waals surface area contributed by atoms with Crippen LogP contribution in [0.25, 0.3) is 0 Å². The summed E-state index contributed by atoms with van der Waals surface area (Å²) < 4.78 is 13.2. The van der Waals surface area contributed by atoms with Crippen molar-refractivity contribution in [1.29, 1.82) is 5.26 Å². The van der Waals surface area contributed by atoms with Crippen LogP contribution in [0.4, 0.5) is 0 Å². The summed E-state index contributed by atoms with van der Waals surface area (Å²) in [5, 5.41) is 17.9. The number of hydrogen-bond acceptors (Lipinski definition) is 8. The summed E-state index contributed by atoms with van der Waals surface area (Å²) in [5.41, 5.74) is 0.852. The van der Waals surface area contributed by atoms with Gasteiger partial charge in [0.1, 0.15) is 11.4 Å². The van der Waals surface area contributed by atoms with E-state index in [0.717, 1.165) is 61.5 Å². The van der Waals surface area contributed by atoms with Crippen LogP contribution in [0, 0.1) is 17.2 Å². The van der Waals surface area contributed by atoms with Gasteiger partial charge in [-0.15, -0.1) is 0 Å². The topological polar surface area (TPSA) is 93.1 Å². The summed E-state index contributed by atoms with van der Waals surface area (Å²) in [4.78, 5) is 19.1. The molecule has 0 aromatic heterocycles. The molecule has 5 aliphatic rings. The van der Waals surface area contributed by atoms with Crippen molar-refractivity contribution in [2.45, 2.75) is 81.2 Å². The van der Waals surface area contributed by atoms with Gasteiger partial charge in [0.15, 0.2) is 6.35 Å². The molecule has 7 atom stereocenters. The third-order valence-corrected chi connectivity index (χ3v) is 10.2. The van der Waals surface area contributed by atoms with Crippen molar-refractivity contribution in [3.8, 4) is 11.8 Å². The number of nitrogens with zero attached hydrogens (tertiary/aromatic N) is 4. The Hall–Kier alpha value is -2.19. The zero-order valence-corrected chi connectivity index (χ0v) is 24.1. The Morgan fingerprint density at radius 1 is 1.30 bits per heavy atom. The lowest BCUT2D eigenvalue weighted by atomic mass is 9.71. The molecule has 10 heteroatoms. The van der Waals surface area contributed by atoms with E-state index in [2.05, 4.69) is 40.1 Å². The van der Waals surface area contributed by atoms with Gasteiger partial charge in [-0.3, -0.25) is 20.3 Å². The van der Waals surface area contributed by atoms with Gasteiger partial charge in [-0.05, 0) is 57.5 Å². The fourth-order valence-corrected chi connectivity index (χ4v) is 7.94. The van der Waals surface area contributed by atoms with Crippen molar-refractivity contribution in [1.82, 2.24) is 25.3 Å². The minimum atomic E-state index is -0.287. The number of ether oxygens (including phenoxy) is 2. The number of carbonyl (C=O) groups is 1. The molecule has 4 fully saturated rings. The monoisotopic (exact) mass is 568 g/mol. The Balaban J connectivity index is 1.21. The van der Waals surface area contributed by atoms with Gasteiger partial charge in [0.25, 0.3) is 0 Å². The summed E-state index contributed by atoms with van der Waals surface area (Å²) in [5.74, 6) is 1.15. The number of benzene rings is 1. The van der Waals surface area contributed by atoms with Crippen molar-refractivity contribution in [2.24, 2.45) is 5.92 Å². The molecule has 4 heterocycles. The lowest BCUT2D eigenvalue weighted by Gasteiger charge is -2.54. The van der Waals surface area contributed by atoms with Crippen molar-refractivity contribution < 1.29 is 14.3 Å². The van der Waals surface area contributed by atoms with E-state index in [0.29, 0.717) is 38.1 Å². The van der Waals surface area contributed by atoms with Gasteiger partial charge in [0.05, 0.1) is 31.3 Å². The number of fused-ring (bicyclic) bond motifs is 2. The highest BCUT2D eigenvalue weighted by Crippen LogP contribution is 2.48. The molecule has 6 rings (SSSR count). The Kier molecular flexibility index (Phi) is 8.10. The van der Waals surface area contributed by atoms with Crippen molar-refractivity contribution in [2.75, 3.05) is 39.8 Å². The molecule has 0 radical (unpaired) electrons. The standard InChI is InChI=1S/C30H41ClN6O3/c1-3-27(38)37-15-14-36(18-20(37)10-12-32)28-22-9-11-30(16-23-24(31)7-4-8-26(23)40-30)17-25(22)33-29(34-28)39-19-21-6-5-13-35(21)2/h3-4,7-8,20-22,25,28-29,33-34H,1,5-6,9-11,13-19H2,2H3/t20?,21?,22?,25?,28?,29?,30-/m1/s1. The average molecular weight is 569 g/mol. The summed E-state index contributed by atoms with van der Waals surface area (Å²) in [7, 11) is 2.17. The number of rotatable bonds is 6. The zero-order valence-electron chi connectivity index (χ0n) is 23.4. The minimum absolute atomic E-state index is 0.0736. The average Bonchev–Trinajstić information content (AvgIpc) is 3.54. The van der Waals surface area contributed by atoms with Gasteiger partial charge >= 0.3 is 0 Å². The SMILES string of the molecule is C=CC(=O)N1CCN(C2NC(OCC3CCCN3C)NC3C[C@@]4(CCC32)Cc2c(Cl)cccc2O4)CC1CC#N. The smallest absolute Gasteiger partial charge is 0.246 e. The fourth-order valence-electron chi connectivity index (χ4n) is 7.71. The highest BCUT2D eigenvalue weighted by Gasteiger charge is 2.52. The number of nitriles is 1. The zero-order chi connectivity index (χ0) is 27.9. The number of piperazine rings is 1. The number of nitrogens with one attached hydrogen (secondary N) is 2. The van der Waals surface area contributed by atoms with E-state index < -0.39 is 0 Å². The number of halogens is 1. The van der Waals surface area contributed by atoms with Crippen LogP contribution in [-0.2, 0) is 16.0 Å². The molecular formula is C30H41ClN6O3. The van der Waals surface area contributed by atoms with Crippen LogP contribution in [0.3, 0.4) is 0 Å². The van der Waals surface area contributed by atoms with Crippen LogP contribution in [-0.4, -0.2) is 96.7 Å². The molecule has 1 spiro atoms. The van der Waals surface area contributed by atoms with Gasteiger partial charge in [-0.25, -0.2) is 0 Å². The number of likely N-dealkylation sites (tertiary alicyclic amines) is 1. The highest BCUT2D eigenvalue weighted by molar-refractivity contribution is 6.31. The largest absolute Gasteiger partial charge is 0.487 e. The van der Waals surface area contributed by atoms with Gasteiger partial charge in [0.2, 0.25) is 5.91 Å². The first-order chi connectivity index (χ1) is 19.4. The number of likely N-dealkylation sites (N-methyl/N-ethyl adjacent to an activating group) is 1. The number of hydrogen-bond donors (Lipinski definition) is 2. The quantitative estimate of drug-likeness (QED) is 0.506. The van der Waals surface area contributed by atoms with Crippen molar-refractivity contribution in [3.05, 3.63) is 41.4 Å². The number of carbonyl (C=O) groups excluding carboxylic acids is 1.